The summed E-state index contributed by atoms with van der Waals surface area (Å²) in [5.41, 5.74) is 6.43. The Labute approximate surface area is 121 Å². The van der Waals surface area contributed by atoms with Crippen LogP contribution in [0.1, 0.15) is 30.9 Å². The van der Waals surface area contributed by atoms with Crippen molar-refractivity contribution < 1.29 is 13.2 Å². The summed E-state index contributed by atoms with van der Waals surface area (Å²) in [5, 5.41) is 2.88. The number of benzene rings is 2. The van der Waals surface area contributed by atoms with Gasteiger partial charge in [0.15, 0.2) is 0 Å². The molecule has 0 spiro atoms. The fourth-order valence-corrected chi connectivity index (χ4v) is 2.16. The van der Waals surface area contributed by atoms with Crippen molar-refractivity contribution in [2.45, 2.75) is 25.9 Å². The van der Waals surface area contributed by atoms with Gasteiger partial charge < -0.3 is 11.1 Å². The molecule has 2 nitrogen and oxygen atoms in total. The van der Waals surface area contributed by atoms with Crippen LogP contribution < -0.4 is 11.1 Å². The fourth-order valence-electron chi connectivity index (χ4n) is 2.16. The highest BCUT2D eigenvalue weighted by molar-refractivity contribution is 5.69. The minimum Gasteiger partial charge on any atom is -0.399 e. The van der Waals surface area contributed by atoms with Crippen LogP contribution in [0.15, 0.2) is 42.5 Å². The van der Waals surface area contributed by atoms with E-state index in [9.17, 15) is 13.2 Å². The fraction of sp³-hybridized carbons (Fsp3) is 0.250. The van der Waals surface area contributed by atoms with Gasteiger partial charge in [-0.2, -0.15) is 13.2 Å². The normalized spacial score (nSPS) is 11.7. The number of rotatable bonds is 3. The molecule has 2 aromatic rings. The zero-order valence-corrected chi connectivity index (χ0v) is 11.8. The Hall–Kier alpha value is -2.17. The molecule has 0 atom stereocenters. The number of nitrogens with two attached hydrogens (primary N) is 1. The highest BCUT2D eigenvalue weighted by Gasteiger charge is 2.33. The lowest BCUT2D eigenvalue weighted by Gasteiger charge is -2.18. The monoisotopic (exact) mass is 294 g/mol. The van der Waals surface area contributed by atoms with Crippen molar-refractivity contribution in [1.29, 1.82) is 0 Å². The topological polar surface area (TPSA) is 38.0 Å². The molecule has 0 heterocycles. The highest BCUT2D eigenvalue weighted by Crippen LogP contribution is 2.38. The molecule has 2 rings (SSSR count). The van der Waals surface area contributed by atoms with Gasteiger partial charge in [-0.05, 0) is 35.7 Å². The van der Waals surface area contributed by atoms with Crippen LogP contribution in [-0.4, -0.2) is 0 Å². The van der Waals surface area contributed by atoms with E-state index in [2.05, 4.69) is 5.32 Å². The molecule has 0 aliphatic rings. The van der Waals surface area contributed by atoms with E-state index in [1.54, 1.807) is 12.1 Å². The summed E-state index contributed by atoms with van der Waals surface area (Å²) in [5.74, 6) is 0.205. The second kappa shape index (κ2) is 5.68. The summed E-state index contributed by atoms with van der Waals surface area (Å²) in [6.07, 6.45) is -4.45. The van der Waals surface area contributed by atoms with Gasteiger partial charge in [0.05, 0.1) is 11.3 Å². The molecular weight excluding hydrogens is 277 g/mol. The van der Waals surface area contributed by atoms with Gasteiger partial charge in [-0.1, -0.05) is 32.0 Å². The van der Waals surface area contributed by atoms with Gasteiger partial charge in [-0.15, -0.1) is 0 Å². The van der Waals surface area contributed by atoms with Crippen molar-refractivity contribution in [3.05, 3.63) is 53.6 Å². The summed E-state index contributed by atoms with van der Waals surface area (Å²) >= 11 is 0. The van der Waals surface area contributed by atoms with Crippen molar-refractivity contribution in [3.8, 4) is 0 Å². The molecule has 0 fully saturated rings. The quantitative estimate of drug-likeness (QED) is 0.768. The van der Waals surface area contributed by atoms with Gasteiger partial charge in [0, 0.05) is 11.4 Å². The predicted octanol–water partition coefficient (Wildman–Crippen LogP) is 5.15. The van der Waals surface area contributed by atoms with Crippen molar-refractivity contribution in [2.24, 2.45) is 0 Å². The van der Waals surface area contributed by atoms with Gasteiger partial charge >= 0.3 is 6.18 Å². The Kier molecular flexibility index (Phi) is 4.11. The Balaban J connectivity index is 2.46. The van der Waals surface area contributed by atoms with E-state index in [4.69, 9.17) is 5.73 Å². The second-order valence-electron chi connectivity index (χ2n) is 5.17. The minimum absolute atomic E-state index is 0.00444. The summed E-state index contributed by atoms with van der Waals surface area (Å²) in [6.45, 7) is 3.99. The number of hydrogen-bond acceptors (Lipinski definition) is 2. The van der Waals surface area contributed by atoms with E-state index >= 15 is 0 Å². The van der Waals surface area contributed by atoms with Crippen molar-refractivity contribution >= 4 is 17.1 Å². The zero-order chi connectivity index (χ0) is 15.6. The third kappa shape index (κ3) is 3.48. The molecule has 0 aliphatic heterocycles. The lowest BCUT2D eigenvalue weighted by atomic mass is 10.0. The summed E-state index contributed by atoms with van der Waals surface area (Å²) < 4.78 is 39.3. The molecule has 2 aromatic carbocycles. The van der Waals surface area contributed by atoms with E-state index in [0.29, 0.717) is 5.69 Å². The third-order valence-electron chi connectivity index (χ3n) is 3.20. The number of hydrogen-bond donors (Lipinski definition) is 2. The van der Waals surface area contributed by atoms with Crippen LogP contribution in [0.3, 0.4) is 0 Å². The molecule has 5 heteroatoms. The first-order chi connectivity index (χ1) is 9.79. The van der Waals surface area contributed by atoms with Gasteiger partial charge in [0.1, 0.15) is 0 Å². The Bertz CT molecular complexity index is 634. The Morgan fingerprint density at radius 1 is 1.00 bits per heavy atom. The van der Waals surface area contributed by atoms with Crippen LogP contribution in [0, 0.1) is 0 Å². The number of nitrogen functional groups attached to an aromatic ring is 1. The van der Waals surface area contributed by atoms with Gasteiger partial charge in [-0.3, -0.25) is 0 Å². The molecule has 0 amide bonds. The van der Waals surface area contributed by atoms with Gasteiger partial charge in [0.2, 0.25) is 0 Å². The molecule has 0 radical (unpaired) electrons. The Morgan fingerprint density at radius 3 is 2.29 bits per heavy atom. The summed E-state index contributed by atoms with van der Waals surface area (Å²) in [7, 11) is 0. The Morgan fingerprint density at radius 2 is 1.67 bits per heavy atom. The molecule has 0 aromatic heterocycles. The number of anilines is 3. The molecule has 0 unspecified atom stereocenters. The smallest absolute Gasteiger partial charge is 0.399 e. The van der Waals surface area contributed by atoms with E-state index in [1.165, 1.54) is 12.1 Å². The minimum atomic E-state index is -4.45. The second-order valence-corrected chi connectivity index (χ2v) is 5.17. The maximum absolute atomic E-state index is 13.1. The number of para-hydroxylation sites is 1. The lowest BCUT2D eigenvalue weighted by Crippen LogP contribution is -2.10. The van der Waals surface area contributed by atoms with E-state index < -0.39 is 11.7 Å². The summed E-state index contributed by atoms with van der Waals surface area (Å²) in [4.78, 5) is 0. The molecule has 0 aliphatic carbocycles. The van der Waals surface area contributed by atoms with Crippen LogP contribution in [0.25, 0.3) is 0 Å². The maximum Gasteiger partial charge on any atom is 0.418 e. The van der Waals surface area contributed by atoms with Crippen LogP contribution in [-0.2, 0) is 6.18 Å². The number of nitrogens with one attached hydrogen (secondary N) is 1. The van der Waals surface area contributed by atoms with Crippen LogP contribution >= 0.6 is 0 Å². The molecule has 21 heavy (non-hydrogen) atoms. The highest BCUT2D eigenvalue weighted by atomic mass is 19.4. The van der Waals surface area contributed by atoms with Crippen molar-refractivity contribution in [3.63, 3.8) is 0 Å². The van der Waals surface area contributed by atoms with E-state index in [-0.39, 0.29) is 17.3 Å². The maximum atomic E-state index is 13.1. The average molecular weight is 294 g/mol. The SMILES string of the molecule is CC(C)c1ccccc1Nc1ccc(N)cc1C(F)(F)F. The molecule has 3 N–H and O–H groups in total. The molecule has 0 bridgehead atoms. The van der Waals surface area contributed by atoms with Crippen molar-refractivity contribution in [2.75, 3.05) is 11.1 Å². The number of halogens is 3. The molecule has 112 valence electrons. The van der Waals surface area contributed by atoms with Gasteiger partial charge in [0.25, 0.3) is 0 Å². The number of alkyl halides is 3. The first-order valence-corrected chi connectivity index (χ1v) is 6.61. The van der Waals surface area contributed by atoms with Crippen LogP contribution in [0.4, 0.5) is 30.2 Å². The average Bonchev–Trinajstić information content (AvgIpc) is 2.40. The molecular formula is C16H17F3N2. The van der Waals surface area contributed by atoms with Gasteiger partial charge in [-0.25, -0.2) is 0 Å². The predicted molar refractivity (Wildman–Crippen MR) is 79.7 cm³/mol. The first kappa shape index (κ1) is 15.2. The van der Waals surface area contributed by atoms with E-state index in [0.717, 1.165) is 11.6 Å². The van der Waals surface area contributed by atoms with E-state index in [1.807, 2.05) is 26.0 Å². The molecule has 0 saturated carbocycles. The van der Waals surface area contributed by atoms with Crippen LogP contribution in [0.2, 0.25) is 0 Å². The lowest BCUT2D eigenvalue weighted by molar-refractivity contribution is -0.136. The third-order valence-corrected chi connectivity index (χ3v) is 3.20. The standard InChI is InChI=1S/C16H17F3N2/c1-10(2)12-5-3-4-6-14(12)21-15-8-7-11(20)9-13(15)16(17,18)19/h3-10,21H,20H2,1-2H3. The van der Waals surface area contributed by atoms with Crippen molar-refractivity contribution in [1.82, 2.24) is 0 Å². The largest absolute Gasteiger partial charge is 0.418 e. The molecule has 0 saturated heterocycles. The van der Waals surface area contributed by atoms with Crippen LogP contribution in [0.5, 0.6) is 0 Å². The zero-order valence-electron chi connectivity index (χ0n) is 11.8. The summed E-state index contributed by atoms with van der Waals surface area (Å²) in [6, 6.07) is 11.1. The first-order valence-electron chi connectivity index (χ1n) is 6.61.